The fraction of sp³-hybridized carbons (Fsp3) is 0.533. The molecule has 0 spiro atoms. The maximum atomic E-state index is 12.9. The van der Waals surface area contributed by atoms with E-state index >= 15 is 0 Å². The highest BCUT2D eigenvalue weighted by Crippen LogP contribution is 2.33. The van der Waals surface area contributed by atoms with Gasteiger partial charge in [-0.25, -0.2) is 8.42 Å². The summed E-state index contributed by atoms with van der Waals surface area (Å²) in [5.41, 5.74) is 0. The van der Waals surface area contributed by atoms with Crippen LogP contribution in [0.3, 0.4) is 0 Å². The number of benzene rings is 1. The average molecular weight is 342 g/mol. The van der Waals surface area contributed by atoms with Crippen LogP contribution in [0.1, 0.15) is 13.3 Å². The van der Waals surface area contributed by atoms with Gasteiger partial charge in [-0.2, -0.15) is 4.31 Å². The minimum absolute atomic E-state index is 0.0518. The second-order valence-corrected chi connectivity index (χ2v) is 7.17. The first-order chi connectivity index (χ1) is 10.9. The zero-order chi connectivity index (χ0) is 17.0. The van der Waals surface area contributed by atoms with E-state index in [0.29, 0.717) is 25.3 Å². The highest BCUT2D eigenvalue weighted by atomic mass is 32.2. The highest BCUT2D eigenvalue weighted by molar-refractivity contribution is 7.89. The number of methoxy groups -OCH3 is 2. The zero-order valence-electron chi connectivity index (χ0n) is 13.5. The summed E-state index contributed by atoms with van der Waals surface area (Å²) < 4.78 is 37.3. The summed E-state index contributed by atoms with van der Waals surface area (Å²) in [6.07, 6.45) is 0.511. The Labute approximate surface area is 136 Å². The van der Waals surface area contributed by atoms with Crippen molar-refractivity contribution in [2.75, 3.05) is 33.9 Å². The monoisotopic (exact) mass is 342 g/mol. The quantitative estimate of drug-likeness (QED) is 0.828. The van der Waals surface area contributed by atoms with Crippen LogP contribution < -0.4 is 14.8 Å². The van der Waals surface area contributed by atoms with Crippen LogP contribution in [-0.4, -0.2) is 52.5 Å². The number of carbonyl (C=O) groups excluding carboxylic acids is 1. The normalized spacial score (nSPS) is 18.7. The van der Waals surface area contributed by atoms with Gasteiger partial charge < -0.3 is 14.8 Å². The number of ether oxygens (including phenoxy) is 2. The molecule has 1 atom stereocenters. The average Bonchev–Trinajstić information content (AvgIpc) is 3.05. The lowest BCUT2D eigenvalue weighted by Crippen LogP contribution is -2.34. The van der Waals surface area contributed by atoms with Crippen LogP contribution >= 0.6 is 0 Å². The van der Waals surface area contributed by atoms with E-state index in [0.717, 1.165) is 0 Å². The van der Waals surface area contributed by atoms with Gasteiger partial charge in [0, 0.05) is 25.7 Å². The van der Waals surface area contributed by atoms with Gasteiger partial charge in [0.15, 0.2) is 0 Å². The number of rotatable bonds is 6. The van der Waals surface area contributed by atoms with Gasteiger partial charge >= 0.3 is 0 Å². The van der Waals surface area contributed by atoms with Gasteiger partial charge in [0.05, 0.1) is 20.1 Å². The van der Waals surface area contributed by atoms with Crippen molar-refractivity contribution in [1.82, 2.24) is 9.62 Å². The van der Waals surface area contributed by atoms with Crippen molar-refractivity contribution in [3.05, 3.63) is 18.2 Å². The van der Waals surface area contributed by atoms with Crippen molar-refractivity contribution in [1.29, 1.82) is 0 Å². The Morgan fingerprint density at radius 1 is 1.35 bits per heavy atom. The molecule has 1 aromatic carbocycles. The standard InChI is InChI=1S/C15H22N2O5S/c1-4-16-15(18)11-7-8-17(10-11)23(19,20)14-9-12(21-2)5-6-13(14)22-3/h5-6,9,11H,4,7-8,10H2,1-3H3,(H,16,18). The fourth-order valence-corrected chi connectivity index (χ4v) is 4.27. The number of sulfonamides is 1. The van der Waals surface area contributed by atoms with E-state index in [1.807, 2.05) is 6.92 Å². The molecule has 0 saturated carbocycles. The van der Waals surface area contributed by atoms with Crippen LogP contribution in [0.25, 0.3) is 0 Å². The van der Waals surface area contributed by atoms with Gasteiger partial charge in [0.2, 0.25) is 15.9 Å². The predicted octanol–water partition coefficient (Wildman–Crippen LogP) is 0.850. The molecule has 1 N–H and O–H groups in total. The Morgan fingerprint density at radius 3 is 2.70 bits per heavy atom. The second-order valence-electron chi connectivity index (χ2n) is 5.26. The van der Waals surface area contributed by atoms with Crippen molar-refractivity contribution in [2.24, 2.45) is 5.92 Å². The molecule has 1 heterocycles. The van der Waals surface area contributed by atoms with Gasteiger partial charge in [-0.15, -0.1) is 0 Å². The number of hydrogen-bond acceptors (Lipinski definition) is 5. The molecule has 1 aromatic rings. The summed E-state index contributed by atoms with van der Waals surface area (Å²) in [5.74, 6) is 0.264. The summed E-state index contributed by atoms with van der Waals surface area (Å²) in [7, 11) is -0.857. The molecule has 0 bridgehead atoms. The molecule has 0 aliphatic carbocycles. The van der Waals surface area contributed by atoms with E-state index in [1.165, 1.54) is 24.6 Å². The number of hydrogen-bond donors (Lipinski definition) is 1. The number of amides is 1. The Hall–Kier alpha value is -1.80. The molecule has 1 aliphatic rings. The Kier molecular flexibility index (Phi) is 5.48. The van der Waals surface area contributed by atoms with Crippen LogP contribution in [0.15, 0.2) is 23.1 Å². The second kappa shape index (κ2) is 7.18. The van der Waals surface area contributed by atoms with Crippen molar-refractivity contribution in [3.63, 3.8) is 0 Å². The number of nitrogens with zero attached hydrogens (tertiary/aromatic N) is 1. The summed E-state index contributed by atoms with van der Waals surface area (Å²) in [4.78, 5) is 12.0. The lowest BCUT2D eigenvalue weighted by atomic mass is 10.1. The zero-order valence-corrected chi connectivity index (χ0v) is 14.4. The lowest BCUT2D eigenvalue weighted by Gasteiger charge is -2.19. The van der Waals surface area contributed by atoms with Gasteiger partial charge in [-0.05, 0) is 25.5 Å². The van der Waals surface area contributed by atoms with Crippen molar-refractivity contribution in [3.8, 4) is 11.5 Å². The van der Waals surface area contributed by atoms with Gasteiger partial charge in [0.25, 0.3) is 0 Å². The van der Waals surface area contributed by atoms with Crippen LogP contribution in [0.2, 0.25) is 0 Å². The summed E-state index contributed by atoms with van der Waals surface area (Å²) in [5, 5.41) is 2.73. The Morgan fingerprint density at radius 2 is 2.09 bits per heavy atom. The maximum Gasteiger partial charge on any atom is 0.246 e. The predicted molar refractivity (Wildman–Crippen MR) is 85.1 cm³/mol. The third-order valence-electron chi connectivity index (χ3n) is 3.86. The Bertz CT molecular complexity index is 674. The summed E-state index contributed by atoms with van der Waals surface area (Å²) in [6.45, 7) is 2.85. The van der Waals surface area contributed by atoms with Crippen LogP contribution in [0, 0.1) is 5.92 Å². The first-order valence-corrected chi connectivity index (χ1v) is 8.88. The molecule has 1 fully saturated rings. The smallest absolute Gasteiger partial charge is 0.246 e. The van der Waals surface area contributed by atoms with Gasteiger partial charge in [0.1, 0.15) is 16.4 Å². The molecule has 1 saturated heterocycles. The molecular weight excluding hydrogens is 320 g/mol. The van der Waals surface area contributed by atoms with Crippen LogP contribution in [-0.2, 0) is 14.8 Å². The highest BCUT2D eigenvalue weighted by Gasteiger charge is 2.37. The van der Waals surface area contributed by atoms with E-state index in [2.05, 4.69) is 5.32 Å². The van der Waals surface area contributed by atoms with E-state index in [1.54, 1.807) is 12.1 Å². The first-order valence-electron chi connectivity index (χ1n) is 7.44. The molecule has 1 aliphatic heterocycles. The van der Waals surface area contributed by atoms with Gasteiger partial charge in [-0.3, -0.25) is 4.79 Å². The SMILES string of the molecule is CCNC(=O)C1CCN(S(=O)(=O)c2cc(OC)ccc2OC)C1. The summed E-state index contributed by atoms with van der Waals surface area (Å²) in [6, 6.07) is 4.63. The van der Waals surface area contributed by atoms with E-state index in [9.17, 15) is 13.2 Å². The van der Waals surface area contributed by atoms with E-state index in [4.69, 9.17) is 9.47 Å². The largest absolute Gasteiger partial charge is 0.497 e. The molecule has 2 rings (SSSR count). The molecular formula is C15H22N2O5S. The number of nitrogens with one attached hydrogen (secondary N) is 1. The molecule has 128 valence electrons. The topological polar surface area (TPSA) is 84.9 Å². The molecule has 1 unspecified atom stereocenters. The molecule has 0 aromatic heterocycles. The van der Waals surface area contributed by atoms with Crippen molar-refractivity contribution < 1.29 is 22.7 Å². The van der Waals surface area contributed by atoms with Gasteiger partial charge in [-0.1, -0.05) is 0 Å². The molecule has 7 nitrogen and oxygen atoms in total. The number of carbonyl (C=O) groups is 1. The Balaban J connectivity index is 2.27. The molecule has 23 heavy (non-hydrogen) atoms. The first kappa shape index (κ1) is 17.6. The maximum absolute atomic E-state index is 12.9. The van der Waals surface area contributed by atoms with E-state index in [-0.39, 0.29) is 29.0 Å². The molecule has 0 radical (unpaired) electrons. The van der Waals surface area contributed by atoms with E-state index < -0.39 is 10.0 Å². The molecule has 8 heteroatoms. The third-order valence-corrected chi connectivity index (χ3v) is 5.75. The minimum atomic E-state index is -3.75. The van der Waals surface area contributed by atoms with Crippen LogP contribution in [0.5, 0.6) is 11.5 Å². The fourth-order valence-electron chi connectivity index (χ4n) is 2.60. The van der Waals surface area contributed by atoms with Crippen molar-refractivity contribution >= 4 is 15.9 Å². The lowest BCUT2D eigenvalue weighted by molar-refractivity contribution is -0.124. The van der Waals surface area contributed by atoms with Crippen LogP contribution in [0.4, 0.5) is 0 Å². The van der Waals surface area contributed by atoms with Crippen molar-refractivity contribution in [2.45, 2.75) is 18.2 Å². The third kappa shape index (κ3) is 3.59. The molecule has 1 amide bonds. The minimum Gasteiger partial charge on any atom is -0.497 e. The summed E-state index contributed by atoms with van der Waals surface area (Å²) >= 11 is 0.